The van der Waals surface area contributed by atoms with Gasteiger partial charge in [0.2, 0.25) is 0 Å². The molecule has 0 radical (unpaired) electrons. The number of carbonyl (C=O) groups excluding carboxylic acids is 1. The summed E-state index contributed by atoms with van der Waals surface area (Å²) in [6.45, 7) is 0. The van der Waals surface area contributed by atoms with E-state index in [0.29, 0.717) is 17.9 Å². The van der Waals surface area contributed by atoms with Crippen LogP contribution >= 0.6 is 0 Å². The molecule has 4 nitrogen and oxygen atoms in total. The van der Waals surface area contributed by atoms with Crippen molar-refractivity contribution < 1.29 is 19.0 Å². The second kappa shape index (κ2) is 5.25. The van der Waals surface area contributed by atoms with Crippen molar-refractivity contribution in [2.75, 3.05) is 7.11 Å². The molecule has 1 aliphatic rings. The standard InChI is InChI=1S/C16H14O4/c1-18-13-8-4-5-9-14(13)20-16(17)15-10-11-6-2-3-7-12(11)19-15/h2-9,15H,10H2,1H3. The molecule has 0 bridgehead atoms. The Morgan fingerprint density at radius 2 is 1.80 bits per heavy atom. The van der Waals surface area contributed by atoms with Gasteiger partial charge in [0.25, 0.3) is 0 Å². The Balaban J connectivity index is 1.72. The van der Waals surface area contributed by atoms with Gasteiger partial charge < -0.3 is 14.2 Å². The molecule has 0 saturated carbocycles. The molecule has 1 heterocycles. The van der Waals surface area contributed by atoms with Gasteiger partial charge in [-0.2, -0.15) is 0 Å². The summed E-state index contributed by atoms with van der Waals surface area (Å²) in [5.74, 6) is 1.26. The molecule has 0 N–H and O–H groups in total. The molecule has 1 atom stereocenters. The largest absolute Gasteiger partial charge is 0.493 e. The first kappa shape index (κ1) is 12.5. The van der Waals surface area contributed by atoms with Gasteiger partial charge in [0.15, 0.2) is 17.6 Å². The van der Waals surface area contributed by atoms with E-state index in [0.717, 1.165) is 11.3 Å². The summed E-state index contributed by atoms with van der Waals surface area (Å²) in [7, 11) is 1.54. The van der Waals surface area contributed by atoms with E-state index in [9.17, 15) is 4.79 Å². The van der Waals surface area contributed by atoms with Crippen molar-refractivity contribution in [2.24, 2.45) is 0 Å². The lowest BCUT2D eigenvalue weighted by molar-refractivity contribution is -0.141. The molecular weight excluding hydrogens is 256 g/mol. The summed E-state index contributed by atoms with van der Waals surface area (Å²) < 4.78 is 16.1. The van der Waals surface area contributed by atoms with Crippen LogP contribution in [-0.4, -0.2) is 19.2 Å². The molecule has 1 aliphatic heterocycles. The quantitative estimate of drug-likeness (QED) is 0.635. The average Bonchev–Trinajstić information content (AvgIpc) is 2.92. The summed E-state index contributed by atoms with van der Waals surface area (Å²) in [5, 5.41) is 0. The SMILES string of the molecule is COc1ccccc1OC(=O)C1Cc2ccccc2O1. The van der Waals surface area contributed by atoms with Gasteiger partial charge in [-0.15, -0.1) is 0 Å². The van der Waals surface area contributed by atoms with Crippen LogP contribution in [0.5, 0.6) is 17.2 Å². The lowest BCUT2D eigenvalue weighted by atomic mass is 10.1. The predicted molar refractivity (Wildman–Crippen MR) is 73.2 cm³/mol. The molecule has 0 spiro atoms. The fourth-order valence-corrected chi connectivity index (χ4v) is 2.19. The molecule has 0 aromatic heterocycles. The highest BCUT2D eigenvalue weighted by Gasteiger charge is 2.30. The molecule has 0 aliphatic carbocycles. The Morgan fingerprint density at radius 3 is 2.55 bits per heavy atom. The summed E-state index contributed by atoms with van der Waals surface area (Å²) >= 11 is 0. The van der Waals surface area contributed by atoms with E-state index in [2.05, 4.69) is 0 Å². The van der Waals surface area contributed by atoms with Crippen molar-refractivity contribution in [1.29, 1.82) is 0 Å². The van der Waals surface area contributed by atoms with Crippen molar-refractivity contribution in [3.05, 3.63) is 54.1 Å². The van der Waals surface area contributed by atoms with E-state index < -0.39 is 12.1 Å². The summed E-state index contributed by atoms with van der Waals surface area (Å²) in [5.41, 5.74) is 1.02. The third-order valence-corrected chi connectivity index (χ3v) is 3.19. The zero-order chi connectivity index (χ0) is 13.9. The van der Waals surface area contributed by atoms with Crippen molar-refractivity contribution in [2.45, 2.75) is 12.5 Å². The van der Waals surface area contributed by atoms with E-state index >= 15 is 0 Å². The van der Waals surface area contributed by atoms with Crippen molar-refractivity contribution >= 4 is 5.97 Å². The predicted octanol–water partition coefficient (Wildman–Crippen LogP) is 2.60. The maximum absolute atomic E-state index is 12.1. The molecule has 1 unspecified atom stereocenters. The van der Waals surface area contributed by atoms with Gasteiger partial charge in [0, 0.05) is 6.42 Å². The van der Waals surface area contributed by atoms with Crippen LogP contribution in [0.25, 0.3) is 0 Å². The monoisotopic (exact) mass is 270 g/mol. The van der Waals surface area contributed by atoms with Crippen LogP contribution in [0.2, 0.25) is 0 Å². The number of para-hydroxylation sites is 3. The lowest BCUT2D eigenvalue weighted by Crippen LogP contribution is -2.29. The molecule has 2 aromatic rings. The highest BCUT2D eigenvalue weighted by Crippen LogP contribution is 2.31. The van der Waals surface area contributed by atoms with E-state index in [1.54, 1.807) is 18.2 Å². The molecule has 4 heteroatoms. The number of carbonyl (C=O) groups is 1. The second-order valence-corrected chi connectivity index (χ2v) is 4.49. The second-order valence-electron chi connectivity index (χ2n) is 4.49. The zero-order valence-corrected chi connectivity index (χ0v) is 11.0. The van der Waals surface area contributed by atoms with Crippen LogP contribution in [-0.2, 0) is 11.2 Å². The molecule has 3 rings (SSSR count). The summed E-state index contributed by atoms with van der Waals surface area (Å²) in [6, 6.07) is 14.7. The van der Waals surface area contributed by atoms with E-state index in [1.807, 2.05) is 30.3 Å². The fourth-order valence-electron chi connectivity index (χ4n) is 2.19. The number of ether oxygens (including phenoxy) is 3. The van der Waals surface area contributed by atoms with Crippen LogP contribution in [0, 0.1) is 0 Å². The smallest absolute Gasteiger partial charge is 0.353 e. The van der Waals surface area contributed by atoms with E-state index in [4.69, 9.17) is 14.2 Å². The summed E-state index contributed by atoms with van der Waals surface area (Å²) in [4.78, 5) is 12.1. The maximum atomic E-state index is 12.1. The minimum atomic E-state index is -0.600. The molecular formula is C16H14O4. The van der Waals surface area contributed by atoms with Crippen molar-refractivity contribution in [1.82, 2.24) is 0 Å². The highest BCUT2D eigenvalue weighted by atomic mass is 16.6. The molecule has 2 aromatic carbocycles. The molecule has 20 heavy (non-hydrogen) atoms. The van der Waals surface area contributed by atoms with Gasteiger partial charge >= 0.3 is 5.97 Å². The van der Waals surface area contributed by atoms with Gasteiger partial charge in [-0.1, -0.05) is 30.3 Å². The summed E-state index contributed by atoms with van der Waals surface area (Å²) in [6.07, 6.45) is -0.0678. The number of fused-ring (bicyclic) bond motifs is 1. The Morgan fingerprint density at radius 1 is 1.10 bits per heavy atom. The van der Waals surface area contributed by atoms with Crippen LogP contribution in [0.1, 0.15) is 5.56 Å². The van der Waals surface area contributed by atoms with Gasteiger partial charge in [-0.25, -0.2) is 4.79 Å². The first-order chi connectivity index (χ1) is 9.78. The highest BCUT2D eigenvalue weighted by molar-refractivity contribution is 5.79. The molecule has 102 valence electrons. The number of methoxy groups -OCH3 is 1. The van der Waals surface area contributed by atoms with Crippen molar-refractivity contribution in [3.63, 3.8) is 0 Å². The van der Waals surface area contributed by atoms with Gasteiger partial charge in [0.1, 0.15) is 5.75 Å². The van der Waals surface area contributed by atoms with Crippen LogP contribution in [0.15, 0.2) is 48.5 Å². The Bertz CT molecular complexity index is 611. The Kier molecular flexibility index (Phi) is 3.29. The lowest BCUT2D eigenvalue weighted by Gasteiger charge is -2.12. The first-order valence-corrected chi connectivity index (χ1v) is 6.37. The van der Waals surface area contributed by atoms with Crippen LogP contribution < -0.4 is 14.2 Å². The van der Waals surface area contributed by atoms with E-state index in [1.165, 1.54) is 7.11 Å². The van der Waals surface area contributed by atoms with Crippen LogP contribution in [0.4, 0.5) is 0 Å². The number of hydrogen-bond acceptors (Lipinski definition) is 4. The zero-order valence-electron chi connectivity index (χ0n) is 11.0. The number of rotatable bonds is 3. The van der Waals surface area contributed by atoms with E-state index in [-0.39, 0.29) is 0 Å². The molecule has 0 amide bonds. The molecule has 0 fully saturated rings. The Labute approximate surface area is 116 Å². The molecule has 0 saturated heterocycles. The number of hydrogen-bond donors (Lipinski definition) is 0. The average molecular weight is 270 g/mol. The topological polar surface area (TPSA) is 44.8 Å². The third-order valence-electron chi connectivity index (χ3n) is 3.19. The maximum Gasteiger partial charge on any atom is 0.353 e. The number of esters is 1. The fraction of sp³-hybridized carbons (Fsp3) is 0.188. The van der Waals surface area contributed by atoms with Crippen molar-refractivity contribution in [3.8, 4) is 17.2 Å². The normalized spacial score (nSPS) is 16.1. The number of benzene rings is 2. The third kappa shape index (κ3) is 2.32. The minimum absolute atomic E-state index is 0.402. The van der Waals surface area contributed by atoms with Gasteiger partial charge in [-0.05, 0) is 23.8 Å². The first-order valence-electron chi connectivity index (χ1n) is 6.37. The van der Waals surface area contributed by atoms with Gasteiger partial charge in [0.05, 0.1) is 7.11 Å². The van der Waals surface area contributed by atoms with Gasteiger partial charge in [-0.3, -0.25) is 0 Å². The minimum Gasteiger partial charge on any atom is -0.493 e. The Hall–Kier alpha value is -2.49. The van der Waals surface area contributed by atoms with Crippen LogP contribution in [0.3, 0.4) is 0 Å².